The number of carbonyl (C=O) groups is 1. The highest BCUT2D eigenvalue weighted by Crippen LogP contribution is 2.32. The summed E-state index contributed by atoms with van der Waals surface area (Å²) in [4.78, 5) is 20.4. The van der Waals surface area contributed by atoms with E-state index >= 15 is 0 Å². The van der Waals surface area contributed by atoms with Crippen LogP contribution in [0.25, 0.3) is 10.2 Å². The largest absolute Gasteiger partial charge is 0.279 e. The summed E-state index contributed by atoms with van der Waals surface area (Å²) in [7, 11) is -3.61. The van der Waals surface area contributed by atoms with E-state index in [0.717, 1.165) is 35.0 Å². The van der Waals surface area contributed by atoms with Crippen LogP contribution in [0.5, 0.6) is 0 Å². The van der Waals surface area contributed by atoms with Gasteiger partial charge in [-0.3, -0.25) is 9.69 Å². The standard InChI is InChI=1S/C29H33N3O3S2/c1-4-18-31(19-5-2)37(34,35)25-15-13-24(14-16-25)28(33)32(21-23-10-8-7-9-11-23)29-30-26-17-12-22(6-3)20-27(26)36-29/h7-17,20H,4-6,18-19,21H2,1-3H3. The van der Waals surface area contributed by atoms with Crippen molar-refractivity contribution in [3.8, 4) is 0 Å². The molecule has 0 saturated heterocycles. The lowest BCUT2D eigenvalue weighted by Gasteiger charge is -2.22. The van der Waals surface area contributed by atoms with Gasteiger partial charge in [0.05, 0.1) is 21.7 Å². The molecule has 37 heavy (non-hydrogen) atoms. The smallest absolute Gasteiger partial charge is 0.260 e. The third kappa shape index (κ3) is 6.09. The second-order valence-corrected chi connectivity index (χ2v) is 11.9. The molecule has 6 nitrogen and oxygen atoms in total. The van der Waals surface area contributed by atoms with Crippen LogP contribution in [-0.2, 0) is 23.0 Å². The number of nitrogens with zero attached hydrogens (tertiary/aromatic N) is 3. The van der Waals surface area contributed by atoms with Crippen LogP contribution in [-0.4, -0.2) is 36.7 Å². The van der Waals surface area contributed by atoms with E-state index in [0.29, 0.717) is 30.3 Å². The van der Waals surface area contributed by atoms with E-state index < -0.39 is 10.0 Å². The van der Waals surface area contributed by atoms with Gasteiger partial charge in [-0.15, -0.1) is 0 Å². The first-order valence-corrected chi connectivity index (χ1v) is 15.0. The lowest BCUT2D eigenvalue weighted by Crippen LogP contribution is -2.33. The van der Waals surface area contributed by atoms with Crippen molar-refractivity contribution in [2.24, 2.45) is 0 Å². The van der Waals surface area contributed by atoms with Gasteiger partial charge >= 0.3 is 0 Å². The number of hydrogen-bond acceptors (Lipinski definition) is 5. The fraction of sp³-hybridized carbons (Fsp3) is 0.310. The quantitative estimate of drug-likeness (QED) is 0.219. The Hall–Kier alpha value is -3.07. The molecule has 0 aliphatic carbocycles. The summed E-state index contributed by atoms with van der Waals surface area (Å²) in [5, 5.41) is 0.617. The van der Waals surface area contributed by atoms with Crippen LogP contribution in [0.4, 0.5) is 5.13 Å². The molecule has 0 atom stereocenters. The van der Waals surface area contributed by atoms with Crippen LogP contribution in [0.2, 0.25) is 0 Å². The van der Waals surface area contributed by atoms with E-state index in [2.05, 4.69) is 19.1 Å². The third-order valence-electron chi connectivity index (χ3n) is 6.19. The van der Waals surface area contributed by atoms with Crippen LogP contribution in [0.15, 0.2) is 77.7 Å². The number of amides is 1. The average molecular weight is 536 g/mol. The molecule has 0 saturated carbocycles. The van der Waals surface area contributed by atoms with Crippen molar-refractivity contribution >= 4 is 42.6 Å². The molecule has 0 aliphatic rings. The van der Waals surface area contributed by atoms with E-state index in [1.54, 1.807) is 17.0 Å². The summed E-state index contributed by atoms with van der Waals surface area (Å²) in [6.45, 7) is 7.35. The maximum absolute atomic E-state index is 13.8. The van der Waals surface area contributed by atoms with Crippen molar-refractivity contribution in [3.63, 3.8) is 0 Å². The normalized spacial score (nSPS) is 11.8. The van der Waals surface area contributed by atoms with Crippen LogP contribution < -0.4 is 4.90 Å². The fourth-order valence-corrected chi connectivity index (χ4v) is 6.86. The molecule has 0 unspecified atom stereocenters. The first-order chi connectivity index (χ1) is 17.9. The SMILES string of the molecule is CCCN(CCC)S(=O)(=O)c1ccc(C(=O)N(Cc2ccccc2)c2nc3ccc(CC)cc3s2)cc1. The van der Waals surface area contributed by atoms with E-state index in [4.69, 9.17) is 4.98 Å². The number of thiazole rings is 1. The average Bonchev–Trinajstić information content (AvgIpc) is 3.35. The van der Waals surface area contributed by atoms with Crippen LogP contribution in [0.1, 0.15) is 55.1 Å². The van der Waals surface area contributed by atoms with Gasteiger partial charge in [0.1, 0.15) is 0 Å². The predicted octanol–water partition coefficient (Wildman–Crippen LogP) is 6.52. The summed E-state index contributed by atoms with van der Waals surface area (Å²) in [6, 6.07) is 22.3. The molecule has 4 aromatic rings. The highest BCUT2D eigenvalue weighted by Gasteiger charge is 2.25. The Morgan fingerprint density at radius 1 is 0.865 bits per heavy atom. The van der Waals surface area contributed by atoms with Crippen molar-refractivity contribution in [2.45, 2.75) is 51.5 Å². The maximum Gasteiger partial charge on any atom is 0.260 e. The highest BCUT2D eigenvalue weighted by molar-refractivity contribution is 7.89. The molecule has 8 heteroatoms. The highest BCUT2D eigenvalue weighted by atomic mass is 32.2. The number of benzene rings is 3. The van der Waals surface area contributed by atoms with Gasteiger partial charge in [-0.2, -0.15) is 4.31 Å². The van der Waals surface area contributed by atoms with Crippen molar-refractivity contribution in [3.05, 3.63) is 89.5 Å². The Morgan fingerprint density at radius 3 is 2.16 bits per heavy atom. The number of aromatic nitrogens is 1. The minimum atomic E-state index is -3.61. The van der Waals surface area contributed by atoms with E-state index in [1.807, 2.05) is 50.2 Å². The van der Waals surface area contributed by atoms with E-state index in [-0.39, 0.29) is 10.8 Å². The van der Waals surface area contributed by atoms with Gasteiger partial charge in [0, 0.05) is 18.7 Å². The Morgan fingerprint density at radius 2 is 1.54 bits per heavy atom. The van der Waals surface area contributed by atoms with Gasteiger partial charge in [-0.25, -0.2) is 13.4 Å². The number of anilines is 1. The summed E-state index contributed by atoms with van der Waals surface area (Å²) in [5.41, 5.74) is 3.48. The molecule has 4 rings (SSSR count). The Kier molecular flexibility index (Phi) is 8.74. The molecule has 0 bridgehead atoms. The van der Waals surface area contributed by atoms with Crippen LogP contribution in [0.3, 0.4) is 0 Å². The van der Waals surface area contributed by atoms with Crippen molar-refractivity contribution < 1.29 is 13.2 Å². The van der Waals surface area contributed by atoms with E-state index in [1.165, 1.54) is 33.3 Å². The topological polar surface area (TPSA) is 70.6 Å². The third-order valence-corrected chi connectivity index (χ3v) is 9.15. The maximum atomic E-state index is 13.8. The Labute approximate surface area is 223 Å². The summed E-state index contributed by atoms with van der Waals surface area (Å²) < 4.78 is 28.9. The summed E-state index contributed by atoms with van der Waals surface area (Å²) in [5.74, 6) is -0.221. The molecule has 1 heterocycles. The van der Waals surface area contributed by atoms with Crippen molar-refractivity contribution in [2.75, 3.05) is 18.0 Å². The molecule has 1 amide bonds. The summed E-state index contributed by atoms with van der Waals surface area (Å²) in [6.07, 6.45) is 2.41. The molecule has 0 N–H and O–H groups in total. The molecule has 0 radical (unpaired) electrons. The predicted molar refractivity (Wildman–Crippen MR) is 152 cm³/mol. The Balaban J connectivity index is 1.68. The van der Waals surface area contributed by atoms with E-state index in [9.17, 15) is 13.2 Å². The molecular weight excluding hydrogens is 502 g/mol. The number of rotatable bonds is 11. The van der Waals surface area contributed by atoms with Gasteiger partial charge in [0.2, 0.25) is 10.0 Å². The van der Waals surface area contributed by atoms with Gasteiger partial charge in [0.25, 0.3) is 5.91 Å². The fourth-order valence-electron chi connectivity index (χ4n) is 4.21. The lowest BCUT2D eigenvalue weighted by atomic mass is 10.1. The minimum Gasteiger partial charge on any atom is -0.279 e. The molecule has 3 aromatic carbocycles. The molecule has 0 fully saturated rings. The lowest BCUT2D eigenvalue weighted by molar-refractivity contribution is 0.0985. The van der Waals surface area contributed by atoms with Gasteiger partial charge in [-0.05, 0) is 66.8 Å². The van der Waals surface area contributed by atoms with Gasteiger partial charge in [0.15, 0.2) is 5.13 Å². The zero-order valence-corrected chi connectivity index (χ0v) is 23.2. The summed E-state index contributed by atoms with van der Waals surface area (Å²) >= 11 is 1.49. The molecule has 0 aliphatic heterocycles. The number of fused-ring (bicyclic) bond motifs is 1. The van der Waals surface area contributed by atoms with Crippen LogP contribution >= 0.6 is 11.3 Å². The van der Waals surface area contributed by atoms with Crippen molar-refractivity contribution in [1.82, 2.24) is 9.29 Å². The zero-order chi connectivity index (χ0) is 26.4. The minimum absolute atomic E-state index is 0.202. The second kappa shape index (κ2) is 12.0. The van der Waals surface area contributed by atoms with Gasteiger partial charge in [-0.1, -0.05) is 68.5 Å². The number of sulfonamides is 1. The second-order valence-electron chi connectivity index (χ2n) is 8.96. The number of hydrogen-bond donors (Lipinski definition) is 0. The monoisotopic (exact) mass is 535 g/mol. The van der Waals surface area contributed by atoms with Crippen LogP contribution in [0, 0.1) is 0 Å². The van der Waals surface area contributed by atoms with Gasteiger partial charge < -0.3 is 0 Å². The molecule has 1 aromatic heterocycles. The molecule has 194 valence electrons. The first-order valence-electron chi connectivity index (χ1n) is 12.7. The Bertz CT molecular complexity index is 1440. The first kappa shape index (κ1) is 27.0. The number of aryl methyl sites for hydroxylation is 1. The number of carbonyl (C=O) groups excluding carboxylic acids is 1. The van der Waals surface area contributed by atoms with Crippen molar-refractivity contribution in [1.29, 1.82) is 0 Å². The zero-order valence-electron chi connectivity index (χ0n) is 21.6. The molecule has 0 spiro atoms. The molecular formula is C29H33N3O3S2.